The van der Waals surface area contributed by atoms with Crippen LogP contribution in [0.2, 0.25) is 0 Å². The van der Waals surface area contributed by atoms with Crippen molar-refractivity contribution in [1.29, 1.82) is 0 Å². The first-order valence-electron chi connectivity index (χ1n) is 23.9. The third kappa shape index (κ3) is 8.03. The van der Waals surface area contributed by atoms with E-state index in [-0.39, 0.29) is 61.1 Å². The van der Waals surface area contributed by atoms with E-state index in [0.29, 0.717) is 56.1 Å². The van der Waals surface area contributed by atoms with Gasteiger partial charge in [-0.1, -0.05) is 84.4 Å². The molecule has 5 aliphatic carbocycles. The molecule has 7 rings (SSSR count). The first-order chi connectivity index (χ1) is 28.5. The monoisotopic (exact) mass is 838 g/mol. The van der Waals surface area contributed by atoms with E-state index in [1.807, 2.05) is 25.3 Å². The average molecular weight is 838 g/mol. The minimum Gasteiger partial charge on any atom is -0.392 e. The van der Waals surface area contributed by atoms with E-state index < -0.39 is 58.3 Å². The van der Waals surface area contributed by atoms with Crippen molar-refractivity contribution in [2.45, 2.75) is 179 Å². The van der Waals surface area contributed by atoms with Crippen LogP contribution in [0.15, 0.2) is 47.3 Å². The van der Waals surface area contributed by atoms with Crippen LogP contribution < -0.4 is 16.4 Å². The molecular formula is C49H79N3O8. The number of allylic oxidation sites excluding steroid dienone is 5. The second-order valence-corrected chi connectivity index (χ2v) is 20.8. The molecule has 0 aromatic carbocycles. The molecule has 7 aliphatic rings. The van der Waals surface area contributed by atoms with Crippen molar-refractivity contribution in [3.05, 3.63) is 47.3 Å². The molecule has 0 bridgehead atoms. The highest BCUT2D eigenvalue weighted by Crippen LogP contribution is 2.73. The second-order valence-electron chi connectivity index (χ2n) is 20.8. The van der Waals surface area contributed by atoms with E-state index in [1.54, 1.807) is 6.92 Å². The summed E-state index contributed by atoms with van der Waals surface area (Å²) in [4.78, 5) is 15.3. The Kier molecular flexibility index (Phi) is 13.9. The van der Waals surface area contributed by atoms with Gasteiger partial charge in [-0.3, -0.25) is 4.79 Å². The van der Waals surface area contributed by atoms with Crippen molar-refractivity contribution in [2.75, 3.05) is 19.8 Å². The third-order valence-electron chi connectivity index (χ3n) is 17.0. The molecule has 9 N–H and O–H groups in total. The molecule has 17 unspecified atom stereocenters. The Morgan fingerprint density at radius 1 is 1.07 bits per heavy atom. The summed E-state index contributed by atoms with van der Waals surface area (Å²) in [5, 5.41) is 67.1. The van der Waals surface area contributed by atoms with Crippen LogP contribution in [-0.4, -0.2) is 99.0 Å². The molecule has 0 aromatic heterocycles. The van der Waals surface area contributed by atoms with Crippen molar-refractivity contribution in [3.8, 4) is 0 Å². The van der Waals surface area contributed by atoms with E-state index in [2.05, 4.69) is 50.5 Å². The van der Waals surface area contributed by atoms with Crippen molar-refractivity contribution in [2.24, 2.45) is 58.0 Å². The van der Waals surface area contributed by atoms with Crippen LogP contribution in [0.4, 0.5) is 0 Å². The molecule has 3 saturated carbocycles. The maximum Gasteiger partial charge on any atom is 0.182 e. The zero-order valence-electron chi connectivity index (χ0n) is 37.5. The fourth-order valence-electron chi connectivity index (χ4n) is 13.8. The lowest BCUT2D eigenvalue weighted by molar-refractivity contribution is -0.214. The molecule has 1 saturated heterocycles. The van der Waals surface area contributed by atoms with E-state index in [0.717, 1.165) is 37.7 Å². The lowest BCUT2D eigenvalue weighted by Gasteiger charge is -2.64. The molecule has 2 aliphatic heterocycles. The number of fused-ring (bicyclic) bond motifs is 2. The summed E-state index contributed by atoms with van der Waals surface area (Å²) >= 11 is 0. The van der Waals surface area contributed by atoms with Gasteiger partial charge < -0.3 is 51.4 Å². The fraction of sp³-hybridized carbons (Fsp3) is 0.816. The number of nitrogens with two attached hydrogens (primary N) is 1. The Balaban J connectivity index is 1.33. The standard InChI is InChI=1S/C49H79N3O8/c1-7-9-11-12-14-34-28-60-44(30(34)4)45(59-21-13-10-8-2)47(6,57)38-19-20-49(58)41-40-32(23-46(38,49)5)16-15-31(33-17-18-39(50)51-27-33)24-48(40)25-37(55)36(54)22-35(48)43(56)42(41)52-26-29(3)53/h15-18,27,29-32,34-40,44-45,51-55,57-58H,7-14,19-26,28,50H2,1-6H3. The molecule has 2 heterocycles. The summed E-state index contributed by atoms with van der Waals surface area (Å²) in [6.45, 7) is 13.7. The van der Waals surface area contributed by atoms with Gasteiger partial charge in [0.05, 0.1) is 54.1 Å². The van der Waals surface area contributed by atoms with Gasteiger partial charge >= 0.3 is 0 Å². The Hall–Kier alpha value is -2.09. The first-order valence-corrected chi connectivity index (χ1v) is 23.9. The van der Waals surface area contributed by atoms with Gasteiger partial charge in [0.25, 0.3) is 0 Å². The number of carbonyl (C=O) groups excluding carboxylic acids is 1. The maximum absolute atomic E-state index is 15.3. The topological polar surface area (TPSA) is 187 Å². The number of dihydropyridines is 1. The van der Waals surface area contributed by atoms with Crippen LogP contribution in [0.5, 0.6) is 0 Å². The number of aliphatic hydroxyl groups is 5. The van der Waals surface area contributed by atoms with Crippen LogP contribution in [0, 0.1) is 52.3 Å². The summed E-state index contributed by atoms with van der Waals surface area (Å²) in [7, 11) is 0. The van der Waals surface area contributed by atoms with Crippen LogP contribution in [-0.2, 0) is 14.3 Å². The van der Waals surface area contributed by atoms with E-state index >= 15 is 4.79 Å². The molecule has 1 spiro atoms. The number of hydrogen-bond donors (Lipinski definition) is 8. The van der Waals surface area contributed by atoms with E-state index in [1.165, 1.54) is 19.3 Å². The molecule has 0 amide bonds. The van der Waals surface area contributed by atoms with Crippen LogP contribution in [0.3, 0.4) is 0 Å². The molecule has 11 nitrogen and oxygen atoms in total. The molecule has 0 aromatic rings. The van der Waals surface area contributed by atoms with Crippen LogP contribution in [0.25, 0.3) is 0 Å². The fourth-order valence-corrected chi connectivity index (χ4v) is 13.8. The summed E-state index contributed by atoms with van der Waals surface area (Å²) in [5.74, 6) is -1.24. The lowest BCUT2D eigenvalue weighted by Crippen LogP contribution is -2.67. The van der Waals surface area contributed by atoms with E-state index in [4.69, 9.17) is 15.2 Å². The summed E-state index contributed by atoms with van der Waals surface area (Å²) in [6, 6.07) is 0. The summed E-state index contributed by atoms with van der Waals surface area (Å²) in [6.07, 6.45) is 17.5. The van der Waals surface area contributed by atoms with Crippen LogP contribution >= 0.6 is 0 Å². The quantitative estimate of drug-likeness (QED) is 0.0679. The van der Waals surface area contributed by atoms with Gasteiger partial charge in [-0.05, 0) is 117 Å². The van der Waals surface area contributed by atoms with Gasteiger partial charge in [0.15, 0.2) is 5.78 Å². The molecular weight excluding hydrogens is 759 g/mol. The van der Waals surface area contributed by atoms with Crippen molar-refractivity contribution >= 4 is 5.78 Å². The highest BCUT2D eigenvalue weighted by Gasteiger charge is 2.73. The number of rotatable bonds is 17. The Labute approximate surface area is 359 Å². The largest absolute Gasteiger partial charge is 0.392 e. The number of carbonyl (C=O) groups is 1. The van der Waals surface area contributed by atoms with Gasteiger partial charge in [-0.15, -0.1) is 0 Å². The number of hydrogen-bond acceptors (Lipinski definition) is 11. The Morgan fingerprint density at radius 2 is 1.82 bits per heavy atom. The van der Waals surface area contributed by atoms with Gasteiger partial charge in [0.1, 0.15) is 6.10 Å². The molecule has 4 fully saturated rings. The van der Waals surface area contributed by atoms with Crippen molar-refractivity contribution in [3.63, 3.8) is 0 Å². The number of aliphatic hydroxyl groups excluding tert-OH is 3. The van der Waals surface area contributed by atoms with Gasteiger partial charge in [-0.25, -0.2) is 0 Å². The number of Topliss-reactive ketones (excluding diaryl/α,β-unsaturated/α-hetero) is 1. The molecule has 11 heteroatoms. The normalized spacial score (nSPS) is 43.0. The van der Waals surface area contributed by atoms with Crippen molar-refractivity contribution in [1.82, 2.24) is 10.6 Å². The number of ether oxygens (including phenoxy) is 2. The minimum atomic E-state index is -1.50. The minimum absolute atomic E-state index is 0.115. The molecule has 60 heavy (non-hydrogen) atoms. The maximum atomic E-state index is 15.3. The van der Waals surface area contributed by atoms with Crippen LogP contribution in [0.1, 0.15) is 131 Å². The predicted octanol–water partition coefficient (Wildman–Crippen LogP) is 5.55. The number of ketones is 1. The van der Waals surface area contributed by atoms with Crippen molar-refractivity contribution < 1.29 is 39.8 Å². The molecule has 338 valence electrons. The summed E-state index contributed by atoms with van der Waals surface area (Å²) < 4.78 is 13.5. The zero-order valence-corrected chi connectivity index (χ0v) is 37.5. The van der Waals surface area contributed by atoms with E-state index in [9.17, 15) is 25.5 Å². The second kappa shape index (κ2) is 18.2. The predicted molar refractivity (Wildman–Crippen MR) is 233 cm³/mol. The lowest BCUT2D eigenvalue weighted by atomic mass is 9.41. The first kappa shape index (κ1) is 45.9. The Morgan fingerprint density at radius 3 is 2.52 bits per heavy atom. The molecule has 17 atom stereocenters. The SMILES string of the molecule is CCCCCCC1COC(C(OCCCCC)C(C)(O)C2CCC3(O)C4=C(NCC(C)O)C(=O)C5CC(O)C(O)CC56CC(C5=CNC(N)C=C5)C=CC(CC23C)C46)C1C. The highest BCUT2D eigenvalue weighted by atomic mass is 16.6. The Bertz CT molecular complexity index is 1660. The smallest absolute Gasteiger partial charge is 0.182 e. The van der Waals surface area contributed by atoms with Gasteiger partial charge in [0, 0.05) is 36.6 Å². The third-order valence-corrected chi connectivity index (χ3v) is 17.0. The number of nitrogens with one attached hydrogen (secondary N) is 2. The average Bonchev–Trinajstić information content (AvgIpc) is 3.65. The highest BCUT2D eigenvalue weighted by molar-refractivity contribution is 6.00. The van der Waals surface area contributed by atoms with Gasteiger partial charge in [0.2, 0.25) is 0 Å². The zero-order chi connectivity index (χ0) is 43.2. The number of unbranched alkanes of at least 4 members (excludes halogenated alkanes) is 5. The summed E-state index contributed by atoms with van der Waals surface area (Å²) in [5.41, 5.74) is 3.61. The molecule has 0 radical (unpaired) electrons. The van der Waals surface area contributed by atoms with Gasteiger partial charge in [-0.2, -0.15) is 0 Å².